The maximum Gasteiger partial charge on any atom is 0.333 e. The average molecular weight is 557 g/mol. The molecular weight excluding hydrogens is 522 g/mol. The molecule has 3 aromatic carbocycles. The Morgan fingerprint density at radius 3 is 2.12 bits per heavy atom. The quantitative estimate of drug-likeness (QED) is 0.226. The van der Waals surface area contributed by atoms with Crippen molar-refractivity contribution in [3.63, 3.8) is 0 Å². The Morgan fingerprint density at radius 2 is 1.50 bits per heavy atom. The van der Waals surface area contributed by atoms with Crippen LogP contribution in [0, 0.1) is 11.6 Å². The number of rotatable bonds is 16. The summed E-state index contributed by atoms with van der Waals surface area (Å²) in [6, 6.07) is 18.2. The molecule has 214 valence electrons. The van der Waals surface area contributed by atoms with E-state index in [0.717, 1.165) is 11.1 Å². The van der Waals surface area contributed by atoms with E-state index in [1.807, 2.05) is 0 Å². The second kappa shape index (κ2) is 16.2. The van der Waals surface area contributed by atoms with Gasteiger partial charge in [0.25, 0.3) is 0 Å². The van der Waals surface area contributed by atoms with Gasteiger partial charge in [0.2, 0.25) is 0 Å². The van der Waals surface area contributed by atoms with Crippen molar-refractivity contribution in [3.8, 4) is 5.75 Å². The molecule has 0 saturated carbocycles. The predicted octanol–water partition coefficient (Wildman–Crippen LogP) is 5.52. The standard InChI is InChI=1S/C30H34F2N2O6/c1-2-39-28(29(35)36)20-22-6-14-27(15-7-22)40-19-17-34(30(37)33-26-12-10-25(32)11-13-26)16-3-18-38-21-23-4-8-24(31)9-5-23/h4-15,28H,2-3,16-21H2,1H3,(H,33,37)(H,35,36). The van der Waals surface area contributed by atoms with Gasteiger partial charge in [-0.2, -0.15) is 0 Å². The van der Waals surface area contributed by atoms with Gasteiger partial charge in [-0.3, -0.25) is 0 Å². The molecule has 0 heterocycles. The number of amides is 2. The van der Waals surface area contributed by atoms with E-state index in [4.69, 9.17) is 14.2 Å². The highest BCUT2D eigenvalue weighted by Gasteiger charge is 2.18. The molecule has 0 spiro atoms. The molecule has 1 atom stereocenters. The Morgan fingerprint density at radius 1 is 0.875 bits per heavy atom. The number of aliphatic carboxylic acids is 1. The summed E-state index contributed by atoms with van der Waals surface area (Å²) in [4.78, 5) is 25.8. The summed E-state index contributed by atoms with van der Waals surface area (Å²) in [5.41, 5.74) is 2.12. The van der Waals surface area contributed by atoms with Gasteiger partial charge in [-0.15, -0.1) is 0 Å². The van der Waals surface area contributed by atoms with E-state index in [9.17, 15) is 23.5 Å². The highest BCUT2D eigenvalue weighted by Crippen LogP contribution is 2.15. The lowest BCUT2D eigenvalue weighted by molar-refractivity contribution is -0.149. The van der Waals surface area contributed by atoms with E-state index in [1.165, 1.54) is 36.4 Å². The topological polar surface area (TPSA) is 97.3 Å². The second-order valence-electron chi connectivity index (χ2n) is 8.94. The Labute approximate surface area is 232 Å². The molecule has 0 aliphatic carbocycles. The van der Waals surface area contributed by atoms with Crippen LogP contribution in [0.15, 0.2) is 72.8 Å². The number of carboxylic acids is 1. The van der Waals surface area contributed by atoms with Crippen LogP contribution in [0.3, 0.4) is 0 Å². The van der Waals surface area contributed by atoms with Crippen molar-refractivity contribution in [2.75, 3.05) is 38.2 Å². The number of nitrogens with one attached hydrogen (secondary N) is 1. The van der Waals surface area contributed by atoms with E-state index >= 15 is 0 Å². The lowest BCUT2D eigenvalue weighted by Crippen LogP contribution is -2.39. The highest BCUT2D eigenvalue weighted by atomic mass is 19.1. The molecule has 10 heteroatoms. The van der Waals surface area contributed by atoms with Gasteiger partial charge in [-0.05, 0) is 73.0 Å². The zero-order valence-corrected chi connectivity index (χ0v) is 22.4. The SMILES string of the molecule is CCOC(Cc1ccc(OCCN(CCCOCc2ccc(F)cc2)C(=O)Nc2ccc(F)cc2)cc1)C(=O)O. The maximum absolute atomic E-state index is 13.2. The maximum atomic E-state index is 13.2. The van der Waals surface area contributed by atoms with Gasteiger partial charge in [0, 0.05) is 31.9 Å². The fourth-order valence-corrected chi connectivity index (χ4v) is 3.81. The van der Waals surface area contributed by atoms with E-state index < -0.39 is 17.9 Å². The smallest absolute Gasteiger partial charge is 0.333 e. The lowest BCUT2D eigenvalue weighted by atomic mass is 10.1. The third-order valence-electron chi connectivity index (χ3n) is 5.90. The van der Waals surface area contributed by atoms with Crippen LogP contribution in [-0.4, -0.2) is 61.0 Å². The van der Waals surface area contributed by atoms with Gasteiger partial charge < -0.3 is 29.5 Å². The van der Waals surface area contributed by atoms with Crippen molar-refractivity contribution in [2.45, 2.75) is 32.5 Å². The molecule has 0 bridgehead atoms. The number of ether oxygens (including phenoxy) is 3. The van der Waals surface area contributed by atoms with Crippen molar-refractivity contribution in [1.82, 2.24) is 4.90 Å². The zero-order valence-electron chi connectivity index (χ0n) is 22.4. The summed E-state index contributed by atoms with van der Waals surface area (Å²) in [5, 5.41) is 12.0. The number of benzene rings is 3. The number of carboxylic acid groups (broad SMARTS) is 1. The Hall–Kier alpha value is -4.02. The lowest BCUT2D eigenvalue weighted by Gasteiger charge is -2.23. The molecular formula is C30H34F2N2O6. The molecule has 0 aliphatic heterocycles. The van der Waals surface area contributed by atoms with Gasteiger partial charge >= 0.3 is 12.0 Å². The normalized spacial score (nSPS) is 11.6. The molecule has 0 saturated heterocycles. The van der Waals surface area contributed by atoms with Crippen molar-refractivity contribution < 1.29 is 37.7 Å². The molecule has 2 N–H and O–H groups in total. The van der Waals surface area contributed by atoms with Crippen LogP contribution >= 0.6 is 0 Å². The Balaban J connectivity index is 1.51. The fourth-order valence-electron chi connectivity index (χ4n) is 3.81. The van der Waals surface area contributed by atoms with Crippen LogP contribution in [0.25, 0.3) is 0 Å². The molecule has 0 aliphatic rings. The number of carbonyl (C=O) groups excluding carboxylic acids is 1. The van der Waals surface area contributed by atoms with Crippen molar-refractivity contribution in [2.24, 2.45) is 0 Å². The first-order valence-corrected chi connectivity index (χ1v) is 13.0. The Bertz CT molecular complexity index is 1190. The van der Waals surface area contributed by atoms with Crippen LogP contribution in [0.2, 0.25) is 0 Å². The van der Waals surface area contributed by atoms with Crippen molar-refractivity contribution in [3.05, 3.63) is 95.6 Å². The third kappa shape index (κ3) is 10.6. The highest BCUT2D eigenvalue weighted by molar-refractivity contribution is 5.89. The number of hydrogen-bond donors (Lipinski definition) is 2. The largest absolute Gasteiger partial charge is 0.492 e. The van der Waals surface area contributed by atoms with E-state index in [1.54, 1.807) is 48.2 Å². The Kier molecular flexibility index (Phi) is 12.3. The predicted molar refractivity (Wildman–Crippen MR) is 146 cm³/mol. The number of halogens is 2. The number of anilines is 1. The molecule has 8 nitrogen and oxygen atoms in total. The van der Waals surface area contributed by atoms with Crippen molar-refractivity contribution >= 4 is 17.7 Å². The molecule has 40 heavy (non-hydrogen) atoms. The molecule has 3 rings (SSSR count). The molecule has 3 aromatic rings. The van der Waals surface area contributed by atoms with Gasteiger partial charge in [0.1, 0.15) is 24.0 Å². The van der Waals surface area contributed by atoms with E-state index in [0.29, 0.717) is 44.2 Å². The van der Waals surface area contributed by atoms with Gasteiger partial charge in [0.05, 0.1) is 13.2 Å². The molecule has 0 radical (unpaired) electrons. The first-order chi connectivity index (χ1) is 19.3. The monoisotopic (exact) mass is 556 g/mol. The van der Waals surface area contributed by atoms with Crippen LogP contribution in [-0.2, 0) is 27.3 Å². The van der Waals surface area contributed by atoms with Crippen LogP contribution in [0.5, 0.6) is 5.75 Å². The van der Waals surface area contributed by atoms with Crippen molar-refractivity contribution in [1.29, 1.82) is 0 Å². The molecule has 0 fully saturated rings. The summed E-state index contributed by atoms with van der Waals surface area (Å²) < 4.78 is 43.0. The number of urea groups is 1. The summed E-state index contributed by atoms with van der Waals surface area (Å²) >= 11 is 0. The van der Waals surface area contributed by atoms with Gasteiger partial charge in [-0.1, -0.05) is 24.3 Å². The molecule has 1 unspecified atom stereocenters. The summed E-state index contributed by atoms with van der Waals surface area (Å²) in [6.07, 6.45) is -0.119. The second-order valence-corrected chi connectivity index (χ2v) is 8.94. The van der Waals surface area contributed by atoms with Crippen LogP contribution < -0.4 is 10.1 Å². The minimum absolute atomic E-state index is 0.212. The van der Waals surface area contributed by atoms with E-state index in [-0.39, 0.29) is 31.4 Å². The summed E-state index contributed by atoms with van der Waals surface area (Å²) in [5.74, 6) is -1.14. The van der Waals surface area contributed by atoms with Crippen LogP contribution in [0.1, 0.15) is 24.5 Å². The fraction of sp³-hybridized carbons (Fsp3) is 0.333. The summed E-state index contributed by atoms with van der Waals surface area (Å²) in [7, 11) is 0. The number of carbonyl (C=O) groups is 2. The number of nitrogens with zero attached hydrogens (tertiary/aromatic N) is 1. The van der Waals surface area contributed by atoms with Crippen LogP contribution in [0.4, 0.5) is 19.3 Å². The third-order valence-corrected chi connectivity index (χ3v) is 5.90. The average Bonchev–Trinajstić information content (AvgIpc) is 2.94. The van der Waals surface area contributed by atoms with Gasteiger partial charge in [-0.25, -0.2) is 18.4 Å². The first kappa shape index (κ1) is 30.5. The number of hydrogen-bond acceptors (Lipinski definition) is 5. The summed E-state index contributed by atoms with van der Waals surface area (Å²) in [6.45, 7) is 3.65. The molecule has 2 amide bonds. The zero-order chi connectivity index (χ0) is 28.7. The first-order valence-electron chi connectivity index (χ1n) is 13.0. The molecule has 0 aromatic heterocycles. The van der Waals surface area contributed by atoms with E-state index in [2.05, 4.69) is 5.32 Å². The minimum atomic E-state index is -1.01. The minimum Gasteiger partial charge on any atom is -0.492 e. The van der Waals surface area contributed by atoms with Gasteiger partial charge in [0.15, 0.2) is 6.10 Å².